The van der Waals surface area contributed by atoms with E-state index in [0.29, 0.717) is 12.0 Å². The molecule has 1 aliphatic rings. The van der Waals surface area contributed by atoms with Gasteiger partial charge in [-0.2, -0.15) is 13.2 Å². The summed E-state index contributed by atoms with van der Waals surface area (Å²) in [5.74, 6) is -0.741. The molecule has 1 N–H and O–H groups in total. The second-order valence-electron chi connectivity index (χ2n) is 8.23. The molecule has 3 rings (SSSR count). The molecule has 0 amide bonds. The van der Waals surface area contributed by atoms with E-state index in [1.165, 1.54) is 12.1 Å². The Morgan fingerprint density at radius 2 is 1.90 bits per heavy atom. The monoisotopic (exact) mass is 417 g/mol. The van der Waals surface area contributed by atoms with E-state index in [1.54, 1.807) is 24.3 Å². The van der Waals surface area contributed by atoms with Crippen LogP contribution in [0.5, 0.6) is 0 Å². The molecular weight excluding hydrogens is 391 g/mol. The van der Waals surface area contributed by atoms with Gasteiger partial charge in [-0.05, 0) is 74.5 Å². The Morgan fingerprint density at radius 3 is 2.57 bits per heavy atom. The number of benzene rings is 2. The number of hydrogen-bond donors (Lipinski definition) is 1. The first kappa shape index (κ1) is 22.1. The van der Waals surface area contributed by atoms with Crippen molar-refractivity contribution in [1.82, 2.24) is 4.90 Å². The Hall–Kier alpha value is -2.60. The molecule has 30 heavy (non-hydrogen) atoms. The third-order valence-electron chi connectivity index (χ3n) is 5.63. The van der Waals surface area contributed by atoms with Crippen molar-refractivity contribution < 1.29 is 23.1 Å². The highest BCUT2D eigenvalue weighted by molar-refractivity contribution is 5.88. The van der Waals surface area contributed by atoms with Gasteiger partial charge in [-0.25, -0.2) is 4.79 Å². The molecule has 0 aliphatic heterocycles. The number of rotatable bonds is 5. The van der Waals surface area contributed by atoms with Crippen LogP contribution >= 0.6 is 0 Å². The van der Waals surface area contributed by atoms with Gasteiger partial charge in [0.1, 0.15) is 0 Å². The fourth-order valence-corrected chi connectivity index (χ4v) is 4.27. The molecule has 3 nitrogen and oxygen atoms in total. The first-order chi connectivity index (χ1) is 14.1. The van der Waals surface area contributed by atoms with Crippen LogP contribution in [0.15, 0.2) is 54.1 Å². The summed E-state index contributed by atoms with van der Waals surface area (Å²) in [7, 11) is 3.96. The van der Waals surface area contributed by atoms with Gasteiger partial charge in [0.2, 0.25) is 0 Å². The summed E-state index contributed by atoms with van der Waals surface area (Å²) < 4.78 is 39.7. The van der Waals surface area contributed by atoms with Crippen LogP contribution in [0.3, 0.4) is 0 Å². The minimum Gasteiger partial charge on any atom is -0.478 e. The summed E-state index contributed by atoms with van der Waals surface area (Å²) in [5, 5.41) is 9.20. The molecule has 2 aromatic rings. The van der Waals surface area contributed by atoms with Gasteiger partial charge in [-0.3, -0.25) is 0 Å². The average molecular weight is 417 g/mol. The van der Waals surface area contributed by atoms with Gasteiger partial charge in [0.25, 0.3) is 0 Å². The van der Waals surface area contributed by atoms with Gasteiger partial charge >= 0.3 is 12.1 Å². The molecule has 0 aromatic heterocycles. The smallest absolute Gasteiger partial charge is 0.416 e. The molecule has 0 bridgehead atoms. The summed E-state index contributed by atoms with van der Waals surface area (Å²) in [5.41, 5.74) is 2.25. The average Bonchev–Trinajstić information content (AvgIpc) is 2.68. The fraction of sp³-hybridized carbons (Fsp3) is 0.375. The number of halogens is 3. The maximum atomic E-state index is 13.2. The van der Waals surface area contributed by atoms with Crippen molar-refractivity contribution in [3.05, 3.63) is 76.4 Å². The Labute approximate surface area is 174 Å². The zero-order chi connectivity index (χ0) is 21.9. The molecular formula is C24H26F3NO2. The molecule has 6 heteroatoms. The normalized spacial score (nSPS) is 21.2. The number of alkyl halides is 3. The van der Waals surface area contributed by atoms with Crippen molar-refractivity contribution in [2.45, 2.75) is 31.4 Å². The van der Waals surface area contributed by atoms with Crippen LogP contribution in [-0.4, -0.2) is 36.6 Å². The third-order valence-corrected chi connectivity index (χ3v) is 5.63. The lowest BCUT2D eigenvalue weighted by atomic mass is 9.72. The quantitative estimate of drug-likeness (QED) is 0.655. The van der Waals surface area contributed by atoms with E-state index in [2.05, 4.69) is 4.90 Å². The highest BCUT2D eigenvalue weighted by Gasteiger charge is 2.33. The number of carboxylic acids is 1. The van der Waals surface area contributed by atoms with E-state index in [0.717, 1.165) is 36.6 Å². The van der Waals surface area contributed by atoms with Crippen molar-refractivity contribution in [3.63, 3.8) is 0 Å². The van der Waals surface area contributed by atoms with Crippen LogP contribution in [0.1, 0.15) is 52.2 Å². The molecule has 2 aromatic carbocycles. The van der Waals surface area contributed by atoms with Crippen molar-refractivity contribution in [2.24, 2.45) is 5.92 Å². The Morgan fingerprint density at radius 1 is 1.17 bits per heavy atom. The lowest BCUT2D eigenvalue weighted by Gasteiger charge is -2.35. The number of carboxylic acid groups (broad SMARTS) is 1. The maximum Gasteiger partial charge on any atom is 0.416 e. The topological polar surface area (TPSA) is 40.5 Å². The molecule has 1 saturated carbocycles. The first-order valence-corrected chi connectivity index (χ1v) is 9.98. The molecule has 0 radical (unpaired) electrons. The summed E-state index contributed by atoms with van der Waals surface area (Å²) in [4.78, 5) is 13.3. The van der Waals surface area contributed by atoms with Crippen molar-refractivity contribution in [2.75, 3.05) is 20.6 Å². The highest BCUT2D eigenvalue weighted by Crippen LogP contribution is 2.42. The predicted molar refractivity (Wildman–Crippen MR) is 111 cm³/mol. The van der Waals surface area contributed by atoms with Crippen LogP contribution < -0.4 is 0 Å². The number of nitrogens with zero attached hydrogens (tertiary/aromatic N) is 1. The molecule has 1 fully saturated rings. The van der Waals surface area contributed by atoms with Crippen LogP contribution in [0.25, 0.3) is 6.08 Å². The molecule has 1 aliphatic carbocycles. The molecule has 0 spiro atoms. The van der Waals surface area contributed by atoms with Gasteiger partial charge in [-0.1, -0.05) is 42.0 Å². The van der Waals surface area contributed by atoms with Crippen LogP contribution in [0, 0.1) is 5.92 Å². The SMILES string of the molecule is CN(C)C[C@H]1CC/C(=C/c2cccc(C(=O)O)c2)C[C@@H]1c1cccc(C(F)(F)F)c1. The highest BCUT2D eigenvalue weighted by atomic mass is 19.4. The summed E-state index contributed by atoms with van der Waals surface area (Å²) in [6, 6.07) is 12.4. The largest absolute Gasteiger partial charge is 0.478 e. The maximum absolute atomic E-state index is 13.2. The first-order valence-electron chi connectivity index (χ1n) is 9.98. The second-order valence-corrected chi connectivity index (χ2v) is 8.23. The zero-order valence-electron chi connectivity index (χ0n) is 17.1. The van der Waals surface area contributed by atoms with Crippen LogP contribution in [0.4, 0.5) is 13.2 Å². The molecule has 0 unspecified atom stereocenters. The lowest BCUT2D eigenvalue weighted by Crippen LogP contribution is -2.29. The summed E-state index contributed by atoms with van der Waals surface area (Å²) >= 11 is 0. The van der Waals surface area contributed by atoms with E-state index in [-0.39, 0.29) is 17.4 Å². The molecule has 0 saturated heterocycles. The molecule has 160 valence electrons. The number of aromatic carboxylic acids is 1. The third kappa shape index (κ3) is 5.51. The number of allylic oxidation sites excluding steroid dienone is 1. The summed E-state index contributed by atoms with van der Waals surface area (Å²) in [6.07, 6.45) is 0.0164. The second kappa shape index (κ2) is 9.04. The fourth-order valence-electron chi connectivity index (χ4n) is 4.27. The van der Waals surface area contributed by atoms with Gasteiger partial charge < -0.3 is 10.0 Å². The van der Waals surface area contributed by atoms with Gasteiger partial charge in [0, 0.05) is 6.54 Å². The lowest BCUT2D eigenvalue weighted by molar-refractivity contribution is -0.137. The zero-order valence-corrected chi connectivity index (χ0v) is 17.1. The van der Waals surface area contributed by atoms with E-state index in [4.69, 9.17) is 0 Å². The van der Waals surface area contributed by atoms with E-state index in [9.17, 15) is 23.1 Å². The van der Waals surface area contributed by atoms with Crippen LogP contribution in [0.2, 0.25) is 0 Å². The van der Waals surface area contributed by atoms with E-state index >= 15 is 0 Å². The Balaban J connectivity index is 1.92. The van der Waals surface area contributed by atoms with Crippen molar-refractivity contribution >= 4 is 12.0 Å². The van der Waals surface area contributed by atoms with E-state index < -0.39 is 17.7 Å². The van der Waals surface area contributed by atoms with E-state index in [1.807, 2.05) is 26.2 Å². The minimum atomic E-state index is -4.36. The Bertz CT molecular complexity index is 934. The Kier molecular flexibility index (Phi) is 6.66. The predicted octanol–water partition coefficient (Wildman–Crippen LogP) is 5.93. The minimum absolute atomic E-state index is 0.0163. The van der Waals surface area contributed by atoms with Gasteiger partial charge in [0.15, 0.2) is 0 Å². The number of hydrogen-bond acceptors (Lipinski definition) is 2. The molecule has 2 atom stereocenters. The van der Waals surface area contributed by atoms with Crippen LogP contribution in [-0.2, 0) is 6.18 Å². The number of carbonyl (C=O) groups is 1. The van der Waals surface area contributed by atoms with Gasteiger partial charge in [-0.15, -0.1) is 0 Å². The standard InChI is InChI=1S/C24H26F3NO2/c1-28(2)15-20-10-9-17(11-16-5-3-7-19(12-16)23(29)30)13-22(20)18-6-4-8-21(14-18)24(25,26)27/h3-8,11-12,14,20,22H,9-10,13,15H2,1-2H3,(H,29,30)/b17-11-/t20-,22-/m1/s1. The van der Waals surface area contributed by atoms with Gasteiger partial charge in [0.05, 0.1) is 11.1 Å². The summed E-state index contributed by atoms with van der Waals surface area (Å²) in [6.45, 7) is 0.808. The van der Waals surface area contributed by atoms with Crippen molar-refractivity contribution in [3.8, 4) is 0 Å². The van der Waals surface area contributed by atoms with Crippen molar-refractivity contribution in [1.29, 1.82) is 0 Å². The molecule has 0 heterocycles.